The molecule has 34 heavy (non-hydrogen) atoms. The van der Waals surface area contributed by atoms with Crippen molar-refractivity contribution in [1.82, 2.24) is 19.3 Å². The smallest absolute Gasteiger partial charge is 0.412 e. The van der Waals surface area contributed by atoms with Crippen molar-refractivity contribution in [3.8, 4) is 17.0 Å². The Bertz CT molecular complexity index is 1360. The number of fused-ring (bicyclic) bond motifs is 3. The average molecular weight is 482 g/mol. The topological polar surface area (TPSA) is 92.4 Å². The zero-order valence-corrected chi connectivity index (χ0v) is 19.6. The van der Waals surface area contributed by atoms with Crippen LogP contribution in [0, 0.1) is 0 Å². The highest BCUT2D eigenvalue weighted by Gasteiger charge is 2.17. The van der Waals surface area contributed by atoms with Crippen molar-refractivity contribution < 1.29 is 19.0 Å². The van der Waals surface area contributed by atoms with Gasteiger partial charge in [-0.05, 0) is 49.4 Å². The molecule has 1 N–H and O–H groups in total. The van der Waals surface area contributed by atoms with Crippen LogP contribution >= 0.6 is 11.6 Å². The molecule has 0 saturated carbocycles. The fourth-order valence-corrected chi connectivity index (χ4v) is 4.27. The van der Waals surface area contributed by atoms with Gasteiger partial charge in [0.25, 0.3) is 0 Å². The fraction of sp³-hybridized carbons (Fsp3) is 0.292. The van der Waals surface area contributed by atoms with Crippen LogP contribution in [0.4, 0.5) is 10.5 Å². The summed E-state index contributed by atoms with van der Waals surface area (Å²) in [5.74, 6) is 1.54. The van der Waals surface area contributed by atoms with Gasteiger partial charge in [-0.2, -0.15) is 5.10 Å². The molecule has 0 unspecified atom stereocenters. The lowest BCUT2D eigenvalue weighted by Crippen LogP contribution is -2.16. The van der Waals surface area contributed by atoms with Crippen LogP contribution in [0.25, 0.3) is 22.3 Å². The first-order chi connectivity index (χ1) is 16.6. The molecule has 0 radical (unpaired) electrons. The normalized spacial score (nSPS) is 13.0. The van der Waals surface area contributed by atoms with Crippen LogP contribution in [0.2, 0.25) is 5.02 Å². The highest BCUT2D eigenvalue weighted by Crippen LogP contribution is 2.33. The molecular formula is C24H24ClN5O4. The molecule has 10 heteroatoms. The molecule has 9 nitrogen and oxygen atoms in total. The van der Waals surface area contributed by atoms with E-state index in [2.05, 4.69) is 20.0 Å². The third-order valence-corrected chi connectivity index (χ3v) is 5.92. The lowest BCUT2D eigenvalue weighted by atomic mass is 10.1. The number of ether oxygens (including phenoxy) is 3. The van der Waals surface area contributed by atoms with Crippen molar-refractivity contribution in [1.29, 1.82) is 0 Å². The molecule has 1 amide bonds. The summed E-state index contributed by atoms with van der Waals surface area (Å²) in [7, 11) is 1.60. The van der Waals surface area contributed by atoms with E-state index in [4.69, 9.17) is 25.8 Å². The van der Waals surface area contributed by atoms with E-state index in [-0.39, 0.29) is 6.61 Å². The van der Waals surface area contributed by atoms with Gasteiger partial charge in [-0.25, -0.2) is 9.78 Å². The predicted molar refractivity (Wildman–Crippen MR) is 128 cm³/mol. The van der Waals surface area contributed by atoms with Crippen molar-refractivity contribution >= 4 is 34.4 Å². The SMILES string of the molecule is CCn1nc(COC(=O)Nc2ccc3c(c2)nc2n3CCOC2)cc1-c1ccc(Cl)cc1OC. The van der Waals surface area contributed by atoms with Gasteiger partial charge >= 0.3 is 6.09 Å². The van der Waals surface area contributed by atoms with Crippen molar-refractivity contribution in [3.63, 3.8) is 0 Å². The summed E-state index contributed by atoms with van der Waals surface area (Å²) >= 11 is 6.09. The minimum absolute atomic E-state index is 0.0279. The Morgan fingerprint density at radius 2 is 2.12 bits per heavy atom. The molecule has 1 aliphatic rings. The fourth-order valence-electron chi connectivity index (χ4n) is 4.10. The van der Waals surface area contributed by atoms with Crippen LogP contribution in [0.15, 0.2) is 42.5 Å². The summed E-state index contributed by atoms with van der Waals surface area (Å²) in [5, 5.41) is 7.91. The molecule has 0 bridgehead atoms. The molecule has 0 aliphatic carbocycles. The maximum absolute atomic E-state index is 12.4. The number of nitrogens with one attached hydrogen (secondary N) is 1. The van der Waals surface area contributed by atoms with E-state index < -0.39 is 6.09 Å². The number of hydrogen-bond acceptors (Lipinski definition) is 6. The molecule has 3 heterocycles. The number of hydrogen-bond donors (Lipinski definition) is 1. The molecular weight excluding hydrogens is 458 g/mol. The van der Waals surface area contributed by atoms with Gasteiger partial charge in [0, 0.05) is 29.4 Å². The zero-order valence-electron chi connectivity index (χ0n) is 18.9. The number of aromatic nitrogens is 4. The van der Waals surface area contributed by atoms with Crippen molar-refractivity contribution in [3.05, 3.63) is 59.0 Å². The number of carbonyl (C=O) groups is 1. The third kappa shape index (κ3) is 4.32. The van der Waals surface area contributed by atoms with Crippen molar-refractivity contribution in [2.24, 2.45) is 0 Å². The number of aryl methyl sites for hydroxylation is 1. The van der Waals surface area contributed by atoms with Crippen LogP contribution in [0.5, 0.6) is 5.75 Å². The summed E-state index contributed by atoms with van der Waals surface area (Å²) in [5.41, 5.74) is 4.78. The molecule has 176 valence electrons. The second kappa shape index (κ2) is 9.36. The summed E-state index contributed by atoms with van der Waals surface area (Å²) in [4.78, 5) is 17.0. The first-order valence-corrected chi connectivity index (χ1v) is 11.3. The average Bonchev–Trinajstić information content (AvgIpc) is 3.43. The molecule has 2 aromatic carbocycles. The van der Waals surface area contributed by atoms with Crippen LogP contribution in [-0.2, 0) is 35.8 Å². The van der Waals surface area contributed by atoms with E-state index in [0.717, 1.165) is 34.7 Å². The molecule has 1 aliphatic heterocycles. The van der Waals surface area contributed by atoms with Gasteiger partial charge < -0.3 is 18.8 Å². The van der Waals surface area contributed by atoms with Crippen LogP contribution < -0.4 is 10.1 Å². The largest absolute Gasteiger partial charge is 0.496 e. The number of anilines is 1. The highest BCUT2D eigenvalue weighted by atomic mass is 35.5. The van der Waals surface area contributed by atoms with Gasteiger partial charge in [0.05, 0.1) is 30.4 Å². The molecule has 0 fully saturated rings. The Morgan fingerprint density at radius 1 is 1.24 bits per heavy atom. The van der Waals surface area contributed by atoms with Gasteiger partial charge in [-0.15, -0.1) is 0 Å². The summed E-state index contributed by atoms with van der Waals surface area (Å²) in [6.45, 7) is 4.60. The minimum atomic E-state index is -0.566. The summed E-state index contributed by atoms with van der Waals surface area (Å²) in [6.07, 6.45) is -0.566. The molecule has 2 aromatic heterocycles. The number of benzene rings is 2. The van der Waals surface area contributed by atoms with Gasteiger partial charge in [0.1, 0.15) is 30.5 Å². The number of methoxy groups -OCH3 is 1. The van der Waals surface area contributed by atoms with E-state index in [1.165, 1.54) is 0 Å². The Morgan fingerprint density at radius 3 is 2.94 bits per heavy atom. The van der Waals surface area contributed by atoms with Gasteiger partial charge in [0.2, 0.25) is 0 Å². The Balaban J connectivity index is 1.28. The van der Waals surface area contributed by atoms with Crippen molar-refractivity contribution in [2.75, 3.05) is 19.0 Å². The van der Waals surface area contributed by atoms with Crippen LogP contribution in [0.1, 0.15) is 18.4 Å². The number of amides is 1. The van der Waals surface area contributed by atoms with Gasteiger partial charge in [-0.1, -0.05) is 11.6 Å². The van der Waals surface area contributed by atoms with Crippen LogP contribution in [-0.4, -0.2) is 39.1 Å². The highest BCUT2D eigenvalue weighted by molar-refractivity contribution is 6.30. The second-order valence-electron chi connectivity index (χ2n) is 7.82. The second-order valence-corrected chi connectivity index (χ2v) is 8.25. The zero-order chi connectivity index (χ0) is 23.7. The maximum Gasteiger partial charge on any atom is 0.412 e. The van der Waals surface area contributed by atoms with E-state index in [0.29, 0.717) is 41.9 Å². The van der Waals surface area contributed by atoms with E-state index in [1.807, 2.05) is 41.9 Å². The van der Waals surface area contributed by atoms with Crippen LogP contribution in [0.3, 0.4) is 0 Å². The monoisotopic (exact) mass is 481 g/mol. The first kappa shape index (κ1) is 22.2. The molecule has 5 rings (SSSR count). The Hall–Kier alpha value is -3.56. The Kier molecular flexibility index (Phi) is 6.12. The standard InChI is InChI=1S/C24H24ClN5O4/c1-3-30-21(18-6-4-15(25)10-22(18)32-2)12-17(28-30)13-34-24(31)26-16-5-7-20-19(11-16)27-23-14-33-9-8-29(20)23/h4-7,10-12H,3,8-9,13-14H2,1-2H3,(H,26,31). The van der Waals surface area contributed by atoms with Gasteiger partial charge in [0.15, 0.2) is 0 Å². The first-order valence-electron chi connectivity index (χ1n) is 11.0. The number of carbonyl (C=O) groups excluding carboxylic acids is 1. The quantitative estimate of drug-likeness (QED) is 0.422. The summed E-state index contributed by atoms with van der Waals surface area (Å²) in [6, 6.07) is 12.9. The Labute approximate surface area is 201 Å². The summed E-state index contributed by atoms with van der Waals surface area (Å²) < 4.78 is 20.3. The molecule has 0 spiro atoms. The molecule has 4 aromatic rings. The third-order valence-electron chi connectivity index (χ3n) is 5.68. The minimum Gasteiger partial charge on any atom is -0.496 e. The van der Waals surface area contributed by atoms with E-state index in [9.17, 15) is 4.79 Å². The van der Waals surface area contributed by atoms with E-state index in [1.54, 1.807) is 19.2 Å². The number of imidazole rings is 1. The van der Waals surface area contributed by atoms with E-state index >= 15 is 0 Å². The lowest BCUT2D eigenvalue weighted by Gasteiger charge is -2.14. The number of nitrogens with zero attached hydrogens (tertiary/aromatic N) is 4. The lowest BCUT2D eigenvalue weighted by molar-refractivity contribution is 0.0830. The van der Waals surface area contributed by atoms with Gasteiger partial charge in [-0.3, -0.25) is 10.00 Å². The predicted octanol–water partition coefficient (Wildman–Crippen LogP) is 4.86. The maximum atomic E-state index is 12.4. The van der Waals surface area contributed by atoms with Crippen molar-refractivity contribution in [2.45, 2.75) is 33.2 Å². The number of rotatable bonds is 6. The number of halogens is 1. The molecule has 0 saturated heterocycles. The molecule has 0 atom stereocenters.